The van der Waals surface area contributed by atoms with E-state index in [0.717, 1.165) is 56.5 Å². The van der Waals surface area contributed by atoms with Crippen LogP contribution in [0.5, 0.6) is 0 Å². The molecule has 8 heteroatoms. The van der Waals surface area contributed by atoms with E-state index < -0.39 is 21.5 Å². The summed E-state index contributed by atoms with van der Waals surface area (Å²) in [5, 5.41) is 6.42. The van der Waals surface area contributed by atoms with Crippen molar-refractivity contribution in [2.24, 2.45) is 0 Å². The van der Waals surface area contributed by atoms with Crippen molar-refractivity contribution >= 4 is 21.2 Å². The Bertz CT molecular complexity index is 911. The fourth-order valence-corrected chi connectivity index (χ4v) is 4.58. The lowest BCUT2D eigenvalue weighted by atomic mass is 10.2. The van der Waals surface area contributed by atoms with Crippen LogP contribution in [0.4, 0.5) is 20.2 Å². The lowest BCUT2D eigenvalue weighted by Crippen LogP contribution is -2.28. The summed E-state index contributed by atoms with van der Waals surface area (Å²) in [7, 11) is -3.99. The van der Waals surface area contributed by atoms with Gasteiger partial charge in [-0.1, -0.05) is 0 Å². The second-order valence-corrected chi connectivity index (χ2v) is 8.30. The van der Waals surface area contributed by atoms with Crippen LogP contribution in [0.3, 0.4) is 0 Å². The van der Waals surface area contributed by atoms with E-state index in [-0.39, 0.29) is 9.79 Å². The Labute approximate surface area is 158 Å². The Kier molecular flexibility index (Phi) is 5.96. The van der Waals surface area contributed by atoms with E-state index in [1.807, 2.05) is 13.0 Å². The molecule has 27 heavy (non-hydrogen) atoms. The molecule has 0 unspecified atom stereocenters. The molecule has 2 aromatic carbocycles. The van der Waals surface area contributed by atoms with Gasteiger partial charge in [0, 0.05) is 31.9 Å². The van der Waals surface area contributed by atoms with Gasteiger partial charge in [-0.2, -0.15) is 0 Å². The molecule has 0 aromatic heterocycles. The van der Waals surface area contributed by atoms with Crippen LogP contribution in [-0.2, 0) is 9.84 Å². The standard InChI is InChI=1S/C19H23F2N3O2S/c1-2-23-18-12-14(24-10-3-8-22-9-11-24)4-7-19(18)27(25,26)15-5-6-16(20)17(21)13-15/h4-7,12-13,22-23H,2-3,8-11H2,1H3. The monoisotopic (exact) mass is 395 g/mol. The number of sulfone groups is 1. The van der Waals surface area contributed by atoms with Crippen LogP contribution in [0.1, 0.15) is 13.3 Å². The van der Waals surface area contributed by atoms with Crippen molar-refractivity contribution in [1.82, 2.24) is 5.32 Å². The molecule has 0 radical (unpaired) electrons. The van der Waals surface area contributed by atoms with Gasteiger partial charge in [0.1, 0.15) is 0 Å². The Morgan fingerprint density at radius 2 is 1.89 bits per heavy atom. The Balaban J connectivity index is 2.02. The van der Waals surface area contributed by atoms with Gasteiger partial charge in [-0.05, 0) is 56.3 Å². The zero-order valence-electron chi connectivity index (χ0n) is 15.1. The second-order valence-electron chi connectivity index (χ2n) is 6.38. The van der Waals surface area contributed by atoms with Crippen LogP contribution >= 0.6 is 0 Å². The molecule has 0 spiro atoms. The molecule has 1 aliphatic heterocycles. The lowest BCUT2D eigenvalue weighted by molar-refractivity contribution is 0.504. The normalized spacial score (nSPS) is 15.4. The largest absolute Gasteiger partial charge is 0.384 e. The predicted molar refractivity (Wildman–Crippen MR) is 102 cm³/mol. The van der Waals surface area contributed by atoms with Gasteiger partial charge in [0.15, 0.2) is 11.6 Å². The number of hydrogen-bond acceptors (Lipinski definition) is 5. The number of hydrogen-bond donors (Lipinski definition) is 2. The summed E-state index contributed by atoms with van der Waals surface area (Å²) in [6.07, 6.45) is 1.01. The molecule has 0 atom stereocenters. The molecule has 0 amide bonds. The van der Waals surface area contributed by atoms with Gasteiger partial charge in [-0.3, -0.25) is 0 Å². The Hall–Kier alpha value is -2.19. The van der Waals surface area contributed by atoms with Crippen molar-refractivity contribution in [3.63, 3.8) is 0 Å². The summed E-state index contributed by atoms with van der Waals surface area (Å²) in [4.78, 5) is 1.98. The topological polar surface area (TPSA) is 61.4 Å². The summed E-state index contributed by atoms with van der Waals surface area (Å²) >= 11 is 0. The first-order chi connectivity index (χ1) is 12.9. The lowest BCUT2D eigenvalue weighted by Gasteiger charge is -2.24. The highest BCUT2D eigenvalue weighted by atomic mass is 32.2. The van der Waals surface area contributed by atoms with Crippen molar-refractivity contribution in [1.29, 1.82) is 0 Å². The maximum absolute atomic E-state index is 13.6. The zero-order chi connectivity index (χ0) is 19.4. The van der Waals surface area contributed by atoms with Crippen LogP contribution in [-0.4, -0.2) is 41.1 Å². The van der Waals surface area contributed by atoms with Gasteiger partial charge in [-0.15, -0.1) is 0 Å². The number of rotatable bonds is 5. The molecule has 0 saturated carbocycles. The van der Waals surface area contributed by atoms with Gasteiger partial charge in [0.05, 0.1) is 15.5 Å². The van der Waals surface area contributed by atoms with Crippen LogP contribution in [0, 0.1) is 11.6 Å². The summed E-state index contributed by atoms with van der Waals surface area (Å²) < 4.78 is 52.7. The molecule has 0 aliphatic carbocycles. The van der Waals surface area contributed by atoms with E-state index in [1.54, 1.807) is 6.07 Å². The Morgan fingerprint density at radius 1 is 1.07 bits per heavy atom. The molecule has 3 rings (SSSR count). The molecule has 5 nitrogen and oxygen atoms in total. The minimum Gasteiger partial charge on any atom is -0.384 e. The summed E-state index contributed by atoms with van der Waals surface area (Å²) in [5.41, 5.74) is 1.39. The van der Waals surface area contributed by atoms with E-state index in [2.05, 4.69) is 15.5 Å². The van der Waals surface area contributed by atoms with Gasteiger partial charge in [0.25, 0.3) is 0 Å². The highest BCUT2D eigenvalue weighted by Gasteiger charge is 2.24. The number of benzene rings is 2. The fraction of sp³-hybridized carbons (Fsp3) is 0.368. The smallest absolute Gasteiger partial charge is 0.208 e. The van der Waals surface area contributed by atoms with Gasteiger partial charge in [0.2, 0.25) is 9.84 Å². The van der Waals surface area contributed by atoms with E-state index in [0.29, 0.717) is 12.2 Å². The minimum atomic E-state index is -3.99. The first kappa shape index (κ1) is 19.6. The molecule has 1 saturated heterocycles. The maximum Gasteiger partial charge on any atom is 0.208 e. The van der Waals surface area contributed by atoms with Crippen molar-refractivity contribution < 1.29 is 17.2 Å². The quantitative estimate of drug-likeness (QED) is 0.762. The first-order valence-electron chi connectivity index (χ1n) is 8.97. The first-order valence-corrected chi connectivity index (χ1v) is 10.5. The average molecular weight is 395 g/mol. The SMILES string of the molecule is CCNc1cc(N2CCCNCC2)ccc1S(=O)(=O)c1ccc(F)c(F)c1. The van der Waals surface area contributed by atoms with Crippen LogP contribution in [0.15, 0.2) is 46.2 Å². The van der Waals surface area contributed by atoms with Crippen LogP contribution in [0.2, 0.25) is 0 Å². The molecule has 2 N–H and O–H groups in total. The fourth-order valence-electron chi connectivity index (χ4n) is 3.15. The Morgan fingerprint density at radius 3 is 2.63 bits per heavy atom. The molecule has 1 aliphatic rings. The molecule has 2 aromatic rings. The number of halogens is 2. The molecule has 146 valence electrons. The van der Waals surface area contributed by atoms with Gasteiger partial charge in [-0.25, -0.2) is 17.2 Å². The molecule has 1 fully saturated rings. The van der Waals surface area contributed by atoms with Crippen LogP contribution in [0.25, 0.3) is 0 Å². The summed E-state index contributed by atoms with van der Waals surface area (Å²) in [6, 6.07) is 7.73. The molecular weight excluding hydrogens is 372 g/mol. The van der Waals surface area contributed by atoms with Crippen molar-refractivity contribution in [2.45, 2.75) is 23.1 Å². The van der Waals surface area contributed by atoms with Gasteiger partial charge >= 0.3 is 0 Å². The predicted octanol–water partition coefficient (Wildman–Crippen LogP) is 3.03. The number of nitrogens with zero attached hydrogens (tertiary/aromatic N) is 1. The third kappa shape index (κ3) is 4.22. The molecule has 0 bridgehead atoms. The average Bonchev–Trinajstić information content (AvgIpc) is 2.93. The highest BCUT2D eigenvalue weighted by Crippen LogP contribution is 2.32. The maximum atomic E-state index is 13.6. The van der Waals surface area contributed by atoms with Crippen molar-refractivity contribution in [3.05, 3.63) is 48.0 Å². The molecule has 1 heterocycles. The zero-order valence-corrected chi connectivity index (χ0v) is 16.0. The minimum absolute atomic E-state index is 0.0482. The van der Waals surface area contributed by atoms with Crippen molar-refractivity contribution in [3.8, 4) is 0 Å². The van der Waals surface area contributed by atoms with E-state index in [9.17, 15) is 17.2 Å². The van der Waals surface area contributed by atoms with E-state index in [1.165, 1.54) is 6.07 Å². The summed E-state index contributed by atoms with van der Waals surface area (Å²) in [6.45, 7) is 5.95. The van der Waals surface area contributed by atoms with Crippen molar-refractivity contribution in [2.75, 3.05) is 42.9 Å². The van der Waals surface area contributed by atoms with E-state index in [4.69, 9.17) is 0 Å². The highest BCUT2D eigenvalue weighted by molar-refractivity contribution is 7.91. The summed E-state index contributed by atoms with van der Waals surface area (Å²) in [5.74, 6) is -2.26. The van der Waals surface area contributed by atoms with E-state index >= 15 is 0 Å². The number of nitrogens with one attached hydrogen (secondary N) is 2. The van der Waals surface area contributed by atoms with Crippen LogP contribution < -0.4 is 15.5 Å². The third-order valence-corrected chi connectivity index (χ3v) is 6.34. The third-order valence-electron chi connectivity index (χ3n) is 4.53. The number of anilines is 2. The molecular formula is C19H23F2N3O2S. The van der Waals surface area contributed by atoms with Gasteiger partial charge < -0.3 is 15.5 Å². The second kappa shape index (κ2) is 8.22.